The maximum atomic E-state index is 12.1. The fourth-order valence-electron chi connectivity index (χ4n) is 2.72. The summed E-state index contributed by atoms with van der Waals surface area (Å²) in [6.07, 6.45) is 1.60. The van der Waals surface area contributed by atoms with Crippen molar-refractivity contribution in [2.75, 3.05) is 35.2 Å². The minimum Gasteiger partial charge on any atom is -0.379 e. The molecule has 0 aliphatic heterocycles. The van der Waals surface area contributed by atoms with Gasteiger partial charge in [0, 0.05) is 32.1 Å². The molecule has 12 heteroatoms. The van der Waals surface area contributed by atoms with E-state index >= 15 is 0 Å². The second-order valence-electron chi connectivity index (χ2n) is 6.28. The number of pyridine rings is 1. The quantitative estimate of drug-likeness (QED) is 0.376. The van der Waals surface area contributed by atoms with Crippen LogP contribution in [-0.4, -0.2) is 43.9 Å². The zero-order valence-corrected chi connectivity index (χ0v) is 17.5. The smallest absolute Gasteiger partial charge is 0.293 e. The van der Waals surface area contributed by atoms with Crippen LogP contribution in [0, 0.1) is 10.1 Å². The largest absolute Gasteiger partial charge is 0.379 e. The van der Waals surface area contributed by atoms with Crippen molar-refractivity contribution in [3.8, 4) is 0 Å². The lowest BCUT2D eigenvalue weighted by atomic mass is 10.2. The van der Waals surface area contributed by atoms with Gasteiger partial charge in [0.25, 0.3) is 5.69 Å². The van der Waals surface area contributed by atoms with Crippen molar-refractivity contribution in [2.45, 2.75) is 25.2 Å². The number of primary sulfonamides is 1. The van der Waals surface area contributed by atoms with Crippen molar-refractivity contribution < 1.29 is 18.1 Å². The number of nitrogens with two attached hydrogens (primary N) is 1. The fraction of sp³-hybridized carbons (Fsp3) is 0.333. The van der Waals surface area contributed by atoms with Gasteiger partial charge in [-0.05, 0) is 38.1 Å². The van der Waals surface area contributed by atoms with Crippen LogP contribution in [0.3, 0.4) is 0 Å². The molecule has 162 valence electrons. The Morgan fingerprint density at radius 1 is 1.23 bits per heavy atom. The van der Waals surface area contributed by atoms with Gasteiger partial charge in [-0.1, -0.05) is 0 Å². The highest BCUT2D eigenvalue weighted by atomic mass is 32.2. The van der Waals surface area contributed by atoms with Crippen molar-refractivity contribution in [3.63, 3.8) is 0 Å². The summed E-state index contributed by atoms with van der Waals surface area (Å²) in [6.45, 7) is 5.81. The monoisotopic (exact) mass is 436 g/mol. The Morgan fingerprint density at radius 3 is 2.47 bits per heavy atom. The molecule has 0 unspecified atom stereocenters. The van der Waals surface area contributed by atoms with E-state index in [1.807, 2.05) is 19.9 Å². The molecule has 1 amide bonds. The number of carbonyl (C=O) groups is 1. The van der Waals surface area contributed by atoms with Gasteiger partial charge in [0.15, 0.2) is 0 Å². The van der Waals surface area contributed by atoms with Crippen LogP contribution >= 0.6 is 0 Å². The highest BCUT2D eigenvalue weighted by Crippen LogP contribution is 2.27. The van der Waals surface area contributed by atoms with E-state index in [1.54, 1.807) is 12.3 Å². The minimum absolute atomic E-state index is 0.0336. The second-order valence-corrected chi connectivity index (χ2v) is 7.84. The fourth-order valence-corrected chi connectivity index (χ4v) is 3.25. The van der Waals surface area contributed by atoms with E-state index in [1.165, 1.54) is 6.07 Å². The molecule has 30 heavy (non-hydrogen) atoms. The summed E-state index contributed by atoms with van der Waals surface area (Å²) in [7, 11) is -4.06. The van der Waals surface area contributed by atoms with E-state index in [0.29, 0.717) is 5.69 Å². The zero-order valence-electron chi connectivity index (χ0n) is 16.7. The molecule has 0 bridgehead atoms. The molecule has 4 N–H and O–H groups in total. The van der Waals surface area contributed by atoms with Gasteiger partial charge in [0.1, 0.15) is 11.5 Å². The first kappa shape index (κ1) is 23.0. The molecular weight excluding hydrogens is 412 g/mol. The summed E-state index contributed by atoms with van der Waals surface area (Å²) in [5.41, 5.74) is 0.183. The van der Waals surface area contributed by atoms with E-state index in [0.717, 1.165) is 31.0 Å². The molecule has 1 aromatic heterocycles. The summed E-state index contributed by atoms with van der Waals surface area (Å²) < 4.78 is 22.7. The number of aromatic nitrogens is 1. The molecule has 0 radical (unpaired) electrons. The third-order valence-corrected chi connectivity index (χ3v) is 5.19. The average Bonchev–Trinajstić information content (AvgIpc) is 2.69. The number of benzene rings is 1. The Hall–Kier alpha value is -3.25. The first-order chi connectivity index (χ1) is 14.2. The van der Waals surface area contributed by atoms with Gasteiger partial charge in [-0.25, -0.2) is 18.5 Å². The van der Waals surface area contributed by atoms with E-state index in [4.69, 9.17) is 5.14 Å². The van der Waals surface area contributed by atoms with Gasteiger partial charge in [-0.15, -0.1) is 0 Å². The molecule has 0 spiro atoms. The number of nitro groups is 1. The maximum absolute atomic E-state index is 12.1. The number of rotatable bonds is 10. The highest BCUT2D eigenvalue weighted by Gasteiger charge is 2.19. The van der Waals surface area contributed by atoms with Crippen molar-refractivity contribution in [1.29, 1.82) is 0 Å². The normalized spacial score (nSPS) is 11.0. The number of amides is 1. The molecule has 0 aliphatic rings. The molecule has 0 saturated heterocycles. The third-order valence-electron chi connectivity index (χ3n) is 4.28. The first-order valence-electron chi connectivity index (χ1n) is 9.21. The Labute approximate surface area is 174 Å². The van der Waals surface area contributed by atoms with Gasteiger partial charge in [-0.3, -0.25) is 14.9 Å². The number of sulfonamides is 1. The molecular formula is C18H24N6O5S. The van der Waals surface area contributed by atoms with Gasteiger partial charge in [0.2, 0.25) is 15.9 Å². The van der Waals surface area contributed by atoms with Crippen LogP contribution < -0.4 is 20.7 Å². The average molecular weight is 436 g/mol. The van der Waals surface area contributed by atoms with Crippen LogP contribution in [0.1, 0.15) is 20.3 Å². The number of nitrogens with one attached hydrogen (secondary N) is 2. The van der Waals surface area contributed by atoms with E-state index in [9.17, 15) is 23.3 Å². The number of nitro benzene ring substituents is 1. The van der Waals surface area contributed by atoms with Gasteiger partial charge < -0.3 is 15.5 Å². The summed E-state index contributed by atoms with van der Waals surface area (Å²) >= 11 is 0. The number of hydrogen-bond donors (Lipinski definition) is 3. The van der Waals surface area contributed by atoms with Crippen molar-refractivity contribution in [2.24, 2.45) is 5.14 Å². The Balaban J connectivity index is 1.95. The predicted molar refractivity (Wildman–Crippen MR) is 114 cm³/mol. The lowest BCUT2D eigenvalue weighted by Gasteiger charge is -2.19. The van der Waals surface area contributed by atoms with E-state index in [2.05, 4.69) is 20.5 Å². The van der Waals surface area contributed by atoms with Crippen LogP contribution in [-0.2, 0) is 14.8 Å². The van der Waals surface area contributed by atoms with Gasteiger partial charge in [-0.2, -0.15) is 0 Å². The zero-order chi connectivity index (χ0) is 22.3. The van der Waals surface area contributed by atoms with Gasteiger partial charge in [0.05, 0.1) is 21.7 Å². The van der Waals surface area contributed by atoms with Crippen LogP contribution in [0.15, 0.2) is 41.4 Å². The summed E-state index contributed by atoms with van der Waals surface area (Å²) in [5, 5.41) is 21.7. The summed E-state index contributed by atoms with van der Waals surface area (Å²) in [6, 6.07) is 6.85. The molecule has 0 atom stereocenters. The maximum Gasteiger partial charge on any atom is 0.293 e. The number of carbonyl (C=O) groups excluding carboxylic acids is 1. The molecule has 2 rings (SSSR count). The highest BCUT2D eigenvalue weighted by molar-refractivity contribution is 7.89. The Kier molecular flexibility index (Phi) is 7.66. The molecule has 1 aromatic carbocycles. The second kappa shape index (κ2) is 9.98. The van der Waals surface area contributed by atoms with Crippen molar-refractivity contribution in [1.82, 2.24) is 4.98 Å². The van der Waals surface area contributed by atoms with Crippen LogP contribution in [0.4, 0.5) is 22.9 Å². The number of nitrogens with zero attached hydrogens (tertiary/aromatic N) is 3. The Bertz CT molecular complexity index is 1010. The predicted octanol–water partition coefficient (Wildman–Crippen LogP) is 1.92. The van der Waals surface area contributed by atoms with Crippen molar-refractivity contribution >= 4 is 38.8 Å². The molecule has 0 saturated carbocycles. The van der Waals surface area contributed by atoms with Gasteiger partial charge >= 0.3 is 0 Å². The van der Waals surface area contributed by atoms with Crippen LogP contribution in [0.5, 0.6) is 0 Å². The van der Waals surface area contributed by atoms with Crippen molar-refractivity contribution in [3.05, 3.63) is 46.6 Å². The standard InChI is InChI=1S/C18H24N6O5S/c1-3-23(4-2)17-8-5-13(12-21-17)22-18(25)9-10-20-15-7-6-14(30(19,28)29)11-16(15)24(26)27/h5-8,11-12,20H,3-4,9-10H2,1-2H3,(H,22,25)(H2,19,28,29). The summed E-state index contributed by atoms with van der Waals surface area (Å²) in [4.78, 5) is 28.6. The molecule has 0 aliphatic carbocycles. The first-order valence-corrected chi connectivity index (χ1v) is 10.8. The third kappa shape index (κ3) is 6.12. The molecule has 2 aromatic rings. The minimum atomic E-state index is -4.06. The molecule has 11 nitrogen and oxygen atoms in total. The van der Waals surface area contributed by atoms with Crippen LogP contribution in [0.25, 0.3) is 0 Å². The lowest BCUT2D eigenvalue weighted by molar-refractivity contribution is -0.384. The Morgan fingerprint density at radius 2 is 1.93 bits per heavy atom. The lowest BCUT2D eigenvalue weighted by Crippen LogP contribution is -2.23. The van der Waals surface area contributed by atoms with Crippen LogP contribution in [0.2, 0.25) is 0 Å². The number of hydrogen-bond acceptors (Lipinski definition) is 8. The van der Waals surface area contributed by atoms with E-state index in [-0.39, 0.29) is 29.5 Å². The van der Waals surface area contributed by atoms with E-state index < -0.39 is 20.6 Å². The topological polar surface area (TPSA) is 161 Å². The summed E-state index contributed by atoms with van der Waals surface area (Å²) in [5.74, 6) is 0.513. The molecule has 0 fully saturated rings. The molecule has 1 heterocycles. The SMILES string of the molecule is CCN(CC)c1ccc(NC(=O)CCNc2ccc(S(N)(=O)=O)cc2[N+](=O)[O-])cn1. The number of anilines is 3.